The molecule has 0 amide bonds. The molecule has 3 aromatic carbocycles. The molecule has 0 saturated carbocycles. The van der Waals surface area contributed by atoms with Crippen molar-refractivity contribution >= 4 is 17.1 Å². The van der Waals surface area contributed by atoms with Crippen molar-refractivity contribution in [2.24, 2.45) is 0 Å². The van der Waals surface area contributed by atoms with Gasteiger partial charge in [0, 0.05) is 85.2 Å². The summed E-state index contributed by atoms with van der Waals surface area (Å²) >= 11 is 0. The lowest BCUT2D eigenvalue weighted by Gasteiger charge is -2.29. The highest BCUT2D eigenvalue weighted by Gasteiger charge is 2.23. The number of anilines is 3. The van der Waals surface area contributed by atoms with E-state index in [2.05, 4.69) is 125 Å². The van der Waals surface area contributed by atoms with Crippen LogP contribution in [0.4, 0.5) is 17.1 Å². The van der Waals surface area contributed by atoms with Gasteiger partial charge in [0.1, 0.15) is 11.5 Å². The van der Waals surface area contributed by atoms with Crippen molar-refractivity contribution in [3.63, 3.8) is 0 Å². The van der Waals surface area contributed by atoms with Crippen molar-refractivity contribution in [2.75, 3.05) is 67.2 Å². The SMILES string of the molecule is CCCCOc1cc(N(CC)CC)ccc1-c1cccc(N(CC)CC)c1-c1ccc(N(CC)CC)cc1OCCCC. The Morgan fingerprint density at radius 3 is 1.42 bits per heavy atom. The maximum Gasteiger partial charge on any atom is 0.129 e. The van der Waals surface area contributed by atoms with Gasteiger partial charge in [0.05, 0.1) is 13.2 Å². The molecule has 0 heterocycles. The van der Waals surface area contributed by atoms with Crippen molar-refractivity contribution in [3.05, 3.63) is 54.6 Å². The summed E-state index contributed by atoms with van der Waals surface area (Å²) in [4.78, 5) is 7.23. The third kappa shape index (κ3) is 8.40. The molecule has 0 aliphatic rings. The second-order valence-corrected chi connectivity index (χ2v) is 11.0. The van der Waals surface area contributed by atoms with Gasteiger partial charge in [0.15, 0.2) is 0 Å². The Labute approximate surface area is 262 Å². The number of unbranched alkanes of at least 4 members (excludes halogenated alkanes) is 2. The fourth-order valence-electron chi connectivity index (χ4n) is 5.79. The second-order valence-electron chi connectivity index (χ2n) is 11.0. The molecule has 5 nitrogen and oxygen atoms in total. The number of hydrogen-bond acceptors (Lipinski definition) is 5. The quantitative estimate of drug-likeness (QED) is 0.130. The third-order valence-electron chi connectivity index (χ3n) is 8.40. The molecule has 0 aliphatic heterocycles. The predicted molar refractivity (Wildman–Crippen MR) is 189 cm³/mol. The van der Waals surface area contributed by atoms with Gasteiger partial charge in [-0.1, -0.05) is 38.8 Å². The van der Waals surface area contributed by atoms with E-state index in [-0.39, 0.29) is 0 Å². The molecule has 0 atom stereocenters. The van der Waals surface area contributed by atoms with Gasteiger partial charge < -0.3 is 24.2 Å². The first-order valence-corrected chi connectivity index (χ1v) is 16.9. The molecule has 3 rings (SSSR count). The molecule has 5 heteroatoms. The van der Waals surface area contributed by atoms with Crippen LogP contribution in [0.5, 0.6) is 11.5 Å². The Morgan fingerprint density at radius 2 is 0.953 bits per heavy atom. The van der Waals surface area contributed by atoms with Crippen LogP contribution in [0.3, 0.4) is 0 Å². The highest BCUT2D eigenvalue weighted by atomic mass is 16.5. The highest BCUT2D eigenvalue weighted by molar-refractivity contribution is 5.96. The van der Waals surface area contributed by atoms with E-state index in [0.717, 1.165) is 87.6 Å². The molecule has 43 heavy (non-hydrogen) atoms. The molecule has 0 radical (unpaired) electrons. The van der Waals surface area contributed by atoms with E-state index in [1.54, 1.807) is 0 Å². The lowest BCUT2D eigenvalue weighted by molar-refractivity contribution is 0.310. The second kappa shape index (κ2) is 17.7. The topological polar surface area (TPSA) is 28.2 Å². The number of benzene rings is 3. The number of nitrogens with zero attached hydrogens (tertiary/aromatic N) is 3. The average molecular weight is 588 g/mol. The Hall–Kier alpha value is -3.34. The van der Waals surface area contributed by atoms with E-state index in [4.69, 9.17) is 9.47 Å². The molecule has 236 valence electrons. The summed E-state index contributed by atoms with van der Waals surface area (Å²) in [6.45, 7) is 24.9. The van der Waals surface area contributed by atoms with Crippen LogP contribution in [0.15, 0.2) is 54.6 Å². The van der Waals surface area contributed by atoms with Gasteiger partial charge in [0.2, 0.25) is 0 Å². The van der Waals surface area contributed by atoms with Crippen LogP contribution < -0.4 is 24.2 Å². The normalized spacial score (nSPS) is 11.0. The van der Waals surface area contributed by atoms with Crippen molar-refractivity contribution in [1.29, 1.82) is 0 Å². The van der Waals surface area contributed by atoms with Crippen LogP contribution in [-0.2, 0) is 0 Å². The van der Waals surface area contributed by atoms with Crippen molar-refractivity contribution in [1.82, 2.24) is 0 Å². The summed E-state index contributed by atoms with van der Waals surface area (Å²) in [6, 6.07) is 20.3. The minimum absolute atomic E-state index is 0.706. The molecule has 3 aromatic rings. The zero-order valence-electron chi connectivity index (χ0n) is 28.3. The minimum Gasteiger partial charge on any atom is -0.493 e. The van der Waals surface area contributed by atoms with E-state index in [9.17, 15) is 0 Å². The average Bonchev–Trinajstić information content (AvgIpc) is 3.03. The minimum atomic E-state index is 0.706. The molecule has 0 spiro atoms. The summed E-state index contributed by atoms with van der Waals surface area (Å²) < 4.78 is 13.2. The molecule has 0 N–H and O–H groups in total. The number of hydrogen-bond donors (Lipinski definition) is 0. The van der Waals surface area contributed by atoms with E-state index in [1.165, 1.54) is 28.2 Å². The lowest BCUT2D eigenvalue weighted by atomic mass is 9.90. The Morgan fingerprint density at radius 1 is 0.488 bits per heavy atom. The Balaban J connectivity index is 2.34. The lowest BCUT2D eigenvalue weighted by Crippen LogP contribution is -2.23. The zero-order chi connectivity index (χ0) is 31.2. The van der Waals surface area contributed by atoms with E-state index < -0.39 is 0 Å². The van der Waals surface area contributed by atoms with Gasteiger partial charge in [-0.3, -0.25) is 0 Å². The summed E-state index contributed by atoms with van der Waals surface area (Å²) in [5.74, 6) is 1.90. The van der Waals surface area contributed by atoms with Crippen molar-refractivity contribution in [3.8, 4) is 33.8 Å². The summed E-state index contributed by atoms with van der Waals surface area (Å²) in [5, 5.41) is 0. The van der Waals surface area contributed by atoms with Crippen LogP contribution >= 0.6 is 0 Å². The fourth-order valence-corrected chi connectivity index (χ4v) is 5.79. The Bertz CT molecular complexity index is 1250. The van der Waals surface area contributed by atoms with Crippen molar-refractivity contribution < 1.29 is 9.47 Å². The first-order valence-electron chi connectivity index (χ1n) is 16.9. The monoisotopic (exact) mass is 587 g/mol. The zero-order valence-corrected chi connectivity index (χ0v) is 28.3. The van der Waals surface area contributed by atoms with Crippen LogP contribution in [-0.4, -0.2) is 52.5 Å². The molecule has 0 aliphatic carbocycles. The van der Waals surface area contributed by atoms with Gasteiger partial charge in [-0.05, 0) is 90.3 Å². The highest BCUT2D eigenvalue weighted by Crippen LogP contribution is 2.47. The molecule has 0 unspecified atom stereocenters. The largest absolute Gasteiger partial charge is 0.493 e. The number of ether oxygens (including phenoxy) is 2. The van der Waals surface area contributed by atoms with E-state index in [1.807, 2.05) is 0 Å². The maximum atomic E-state index is 6.61. The first-order chi connectivity index (χ1) is 21.0. The van der Waals surface area contributed by atoms with E-state index >= 15 is 0 Å². The molecule has 0 bridgehead atoms. The van der Waals surface area contributed by atoms with Gasteiger partial charge in [0.25, 0.3) is 0 Å². The molecular weight excluding hydrogens is 530 g/mol. The van der Waals surface area contributed by atoms with Crippen LogP contribution in [0.2, 0.25) is 0 Å². The summed E-state index contributed by atoms with van der Waals surface area (Å²) in [5.41, 5.74) is 8.28. The summed E-state index contributed by atoms with van der Waals surface area (Å²) in [7, 11) is 0. The third-order valence-corrected chi connectivity index (χ3v) is 8.40. The standard InChI is InChI=1S/C38H57N3O2/c1-9-17-26-42-36-28-30(39(11-3)12-4)22-24-32(36)33-20-19-21-35(41(15-7)16-8)38(33)34-25-23-31(40(13-5)14-6)29-37(34)43-27-18-10-2/h19-25,28-29H,9-18,26-27H2,1-8H3. The van der Waals surface area contributed by atoms with Crippen LogP contribution in [0, 0.1) is 0 Å². The first kappa shape index (κ1) is 34.2. The number of rotatable bonds is 19. The van der Waals surface area contributed by atoms with Crippen LogP contribution in [0.25, 0.3) is 22.3 Å². The fraction of sp³-hybridized carbons (Fsp3) is 0.526. The molecular formula is C38H57N3O2. The molecule has 0 fully saturated rings. The smallest absolute Gasteiger partial charge is 0.129 e. The van der Waals surface area contributed by atoms with Crippen LogP contribution in [0.1, 0.15) is 81.1 Å². The van der Waals surface area contributed by atoms with Gasteiger partial charge >= 0.3 is 0 Å². The summed E-state index contributed by atoms with van der Waals surface area (Å²) in [6.07, 6.45) is 4.26. The van der Waals surface area contributed by atoms with Crippen molar-refractivity contribution in [2.45, 2.75) is 81.1 Å². The van der Waals surface area contributed by atoms with Gasteiger partial charge in [-0.25, -0.2) is 0 Å². The predicted octanol–water partition coefficient (Wildman–Crippen LogP) is 9.92. The van der Waals surface area contributed by atoms with Gasteiger partial charge in [-0.2, -0.15) is 0 Å². The van der Waals surface area contributed by atoms with E-state index in [0.29, 0.717) is 13.2 Å². The van der Waals surface area contributed by atoms with Gasteiger partial charge in [-0.15, -0.1) is 0 Å². The Kier molecular flexibility index (Phi) is 14.1. The molecule has 0 aromatic heterocycles. The maximum absolute atomic E-state index is 6.61. The molecule has 0 saturated heterocycles.